The molecule has 3 aromatic rings. The fraction of sp³-hybridized carbons (Fsp3) is 0.227. The molecule has 1 aromatic heterocycles. The van der Waals surface area contributed by atoms with Crippen LogP contribution in [0.3, 0.4) is 0 Å². The first-order valence-electron chi connectivity index (χ1n) is 9.34. The van der Waals surface area contributed by atoms with Crippen molar-refractivity contribution in [2.45, 2.75) is 18.9 Å². The Hall–Kier alpha value is -3.61. The molecule has 0 saturated heterocycles. The number of hydrogen-bond acceptors (Lipinski definition) is 4. The molecule has 0 fully saturated rings. The number of anilines is 1. The predicted molar refractivity (Wildman–Crippen MR) is 109 cm³/mol. The van der Waals surface area contributed by atoms with Crippen molar-refractivity contribution in [1.29, 1.82) is 0 Å². The van der Waals surface area contributed by atoms with Crippen molar-refractivity contribution in [3.05, 3.63) is 77.0 Å². The Labute approximate surface area is 168 Å². The van der Waals surface area contributed by atoms with Gasteiger partial charge in [0.25, 0.3) is 5.91 Å². The van der Waals surface area contributed by atoms with E-state index >= 15 is 0 Å². The van der Waals surface area contributed by atoms with Gasteiger partial charge in [0.05, 0.1) is 12.8 Å². The standard InChI is InChI=1S/C22H22N4O3/c1-13-17-18(14-9-11-16(29-3)12-10-14)19(22(28)24-20(17)26(2)25-13)23-21(27)15-7-5-4-6-8-15/h4-12,18-19H,1-3H3,(H,23,27)(H,24,28)/t18-,19-/m0/s1. The Morgan fingerprint density at radius 2 is 1.83 bits per heavy atom. The van der Waals surface area contributed by atoms with E-state index in [1.54, 1.807) is 43.1 Å². The molecule has 2 aromatic carbocycles. The summed E-state index contributed by atoms with van der Waals surface area (Å²) in [6, 6.07) is 15.6. The normalized spacial score (nSPS) is 18.0. The monoisotopic (exact) mass is 390 g/mol. The van der Waals surface area contributed by atoms with Crippen LogP contribution in [0.4, 0.5) is 5.82 Å². The van der Waals surface area contributed by atoms with E-state index < -0.39 is 6.04 Å². The van der Waals surface area contributed by atoms with E-state index in [-0.39, 0.29) is 17.7 Å². The lowest BCUT2D eigenvalue weighted by Crippen LogP contribution is -2.50. The molecule has 0 aliphatic carbocycles. The fourth-order valence-electron chi connectivity index (χ4n) is 3.84. The van der Waals surface area contributed by atoms with Gasteiger partial charge in [0, 0.05) is 24.1 Å². The van der Waals surface area contributed by atoms with Crippen molar-refractivity contribution in [1.82, 2.24) is 15.1 Å². The third-order valence-electron chi connectivity index (χ3n) is 5.23. The summed E-state index contributed by atoms with van der Waals surface area (Å²) in [5.41, 5.74) is 3.11. The number of methoxy groups -OCH3 is 1. The van der Waals surface area contributed by atoms with E-state index in [1.807, 2.05) is 37.3 Å². The van der Waals surface area contributed by atoms with Crippen LogP contribution in [0.2, 0.25) is 0 Å². The Kier molecular flexibility index (Phi) is 4.80. The molecule has 1 aliphatic heterocycles. The lowest BCUT2D eigenvalue weighted by atomic mass is 9.82. The first-order valence-corrected chi connectivity index (χ1v) is 9.34. The molecule has 29 heavy (non-hydrogen) atoms. The first-order chi connectivity index (χ1) is 14.0. The average molecular weight is 390 g/mol. The zero-order chi connectivity index (χ0) is 20.5. The van der Waals surface area contributed by atoms with E-state index in [9.17, 15) is 9.59 Å². The molecule has 2 heterocycles. The summed E-state index contributed by atoms with van der Waals surface area (Å²) >= 11 is 0. The summed E-state index contributed by atoms with van der Waals surface area (Å²) in [6.07, 6.45) is 0. The van der Waals surface area contributed by atoms with Crippen molar-refractivity contribution in [2.24, 2.45) is 7.05 Å². The zero-order valence-electron chi connectivity index (χ0n) is 16.5. The maximum Gasteiger partial charge on any atom is 0.251 e. The summed E-state index contributed by atoms with van der Waals surface area (Å²) in [7, 11) is 3.40. The third-order valence-corrected chi connectivity index (χ3v) is 5.23. The van der Waals surface area contributed by atoms with E-state index in [1.165, 1.54) is 0 Å². The maximum absolute atomic E-state index is 13.0. The van der Waals surface area contributed by atoms with Crippen LogP contribution in [0.25, 0.3) is 0 Å². The molecule has 7 heteroatoms. The van der Waals surface area contributed by atoms with Crippen LogP contribution in [0.5, 0.6) is 5.75 Å². The summed E-state index contributed by atoms with van der Waals surface area (Å²) in [5.74, 6) is 0.436. The van der Waals surface area contributed by atoms with Crippen molar-refractivity contribution < 1.29 is 14.3 Å². The maximum atomic E-state index is 13.0. The third kappa shape index (κ3) is 3.35. The van der Waals surface area contributed by atoms with Crippen LogP contribution in [-0.2, 0) is 11.8 Å². The zero-order valence-corrected chi connectivity index (χ0v) is 16.5. The second-order valence-electron chi connectivity index (χ2n) is 7.03. The molecule has 7 nitrogen and oxygen atoms in total. The summed E-state index contributed by atoms with van der Waals surface area (Å²) in [6.45, 7) is 1.91. The van der Waals surface area contributed by atoms with Gasteiger partial charge in [-0.2, -0.15) is 5.10 Å². The van der Waals surface area contributed by atoms with Gasteiger partial charge in [-0.3, -0.25) is 14.3 Å². The van der Waals surface area contributed by atoms with Gasteiger partial charge in [0.15, 0.2) is 0 Å². The number of fused-ring (bicyclic) bond motifs is 1. The number of carbonyl (C=O) groups excluding carboxylic acids is 2. The van der Waals surface area contributed by atoms with Gasteiger partial charge in [0.2, 0.25) is 5.91 Å². The quantitative estimate of drug-likeness (QED) is 0.717. The Bertz CT molecular complexity index is 1060. The van der Waals surface area contributed by atoms with Crippen molar-refractivity contribution >= 4 is 17.6 Å². The minimum atomic E-state index is -0.772. The molecule has 2 amide bonds. The highest BCUT2D eigenvalue weighted by Crippen LogP contribution is 2.39. The molecule has 0 saturated carbocycles. The number of benzene rings is 2. The number of ether oxygens (including phenoxy) is 1. The van der Waals surface area contributed by atoms with Crippen LogP contribution in [-0.4, -0.2) is 34.7 Å². The number of aryl methyl sites for hydroxylation is 2. The van der Waals surface area contributed by atoms with E-state index in [0.29, 0.717) is 11.4 Å². The lowest BCUT2D eigenvalue weighted by molar-refractivity contribution is -0.118. The number of aromatic nitrogens is 2. The predicted octanol–water partition coefficient (Wildman–Crippen LogP) is 2.62. The van der Waals surface area contributed by atoms with Crippen LogP contribution in [0, 0.1) is 6.92 Å². The molecule has 4 rings (SSSR count). The number of nitrogens with one attached hydrogen (secondary N) is 2. The van der Waals surface area contributed by atoms with Crippen molar-refractivity contribution in [2.75, 3.05) is 12.4 Å². The van der Waals surface area contributed by atoms with Crippen LogP contribution in [0.1, 0.15) is 33.1 Å². The van der Waals surface area contributed by atoms with E-state index in [0.717, 1.165) is 22.6 Å². The van der Waals surface area contributed by atoms with Gasteiger partial charge in [0.1, 0.15) is 17.6 Å². The molecule has 1 aliphatic rings. The second kappa shape index (κ2) is 7.43. The smallest absolute Gasteiger partial charge is 0.251 e. The Balaban J connectivity index is 1.78. The highest BCUT2D eigenvalue weighted by atomic mass is 16.5. The molecule has 2 atom stereocenters. The van der Waals surface area contributed by atoms with Crippen LogP contribution >= 0.6 is 0 Å². The summed E-state index contributed by atoms with van der Waals surface area (Å²) in [5, 5.41) is 10.3. The van der Waals surface area contributed by atoms with Gasteiger partial charge < -0.3 is 15.4 Å². The van der Waals surface area contributed by atoms with Crippen LogP contribution in [0.15, 0.2) is 54.6 Å². The molecule has 0 bridgehead atoms. The Morgan fingerprint density at radius 1 is 1.14 bits per heavy atom. The van der Waals surface area contributed by atoms with Gasteiger partial charge in [-0.15, -0.1) is 0 Å². The average Bonchev–Trinajstić information content (AvgIpc) is 3.02. The second-order valence-corrected chi connectivity index (χ2v) is 7.03. The van der Waals surface area contributed by atoms with Gasteiger partial charge in [-0.25, -0.2) is 0 Å². The van der Waals surface area contributed by atoms with Gasteiger partial charge in [-0.1, -0.05) is 30.3 Å². The minimum Gasteiger partial charge on any atom is -0.497 e. The highest BCUT2D eigenvalue weighted by molar-refractivity contribution is 6.03. The van der Waals surface area contributed by atoms with Crippen molar-refractivity contribution in [3.63, 3.8) is 0 Å². The summed E-state index contributed by atoms with van der Waals surface area (Å²) in [4.78, 5) is 25.8. The molecule has 0 unspecified atom stereocenters. The largest absolute Gasteiger partial charge is 0.497 e. The SMILES string of the molecule is COc1ccc([C@H]2c3c(C)nn(C)c3NC(=O)[C@H]2NC(=O)c2ccccc2)cc1. The van der Waals surface area contributed by atoms with E-state index in [4.69, 9.17) is 4.74 Å². The molecule has 148 valence electrons. The van der Waals surface area contributed by atoms with Gasteiger partial charge in [-0.05, 0) is 36.8 Å². The molecular weight excluding hydrogens is 368 g/mol. The number of hydrogen-bond donors (Lipinski definition) is 2. The topological polar surface area (TPSA) is 85.2 Å². The number of carbonyl (C=O) groups is 2. The molecule has 0 radical (unpaired) electrons. The Morgan fingerprint density at radius 3 is 2.48 bits per heavy atom. The van der Waals surface area contributed by atoms with Crippen LogP contribution < -0.4 is 15.4 Å². The first kappa shape index (κ1) is 18.7. The number of nitrogens with zero attached hydrogens (tertiary/aromatic N) is 2. The molecule has 2 N–H and O–H groups in total. The lowest BCUT2D eigenvalue weighted by Gasteiger charge is -2.32. The number of amides is 2. The number of rotatable bonds is 4. The molecular formula is C22H22N4O3. The molecule has 0 spiro atoms. The van der Waals surface area contributed by atoms with Gasteiger partial charge >= 0.3 is 0 Å². The fourth-order valence-corrected chi connectivity index (χ4v) is 3.84. The highest BCUT2D eigenvalue weighted by Gasteiger charge is 2.41. The minimum absolute atomic E-state index is 0.273. The van der Waals surface area contributed by atoms with Crippen molar-refractivity contribution in [3.8, 4) is 5.75 Å². The summed E-state index contributed by atoms with van der Waals surface area (Å²) < 4.78 is 6.92. The van der Waals surface area contributed by atoms with E-state index in [2.05, 4.69) is 15.7 Å².